The van der Waals surface area contributed by atoms with Gasteiger partial charge in [0.05, 0.1) is 7.11 Å². The number of halogens is 1. The van der Waals surface area contributed by atoms with Crippen LogP contribution in [-0.4, -0.2) is 43.0 Å². The van der Waals surface area contributed by atoms with Crippen LogP contribution < -0.4 is 5.32 Å². The molecule has 2 rings (SSSR count). The van der Waals surface area contributed by atoms with E-state index in [1.165, 1.54) is 19.2 Å². The van der Waals surface area contributed by atoms with Crippen LogP contribution in [0.4, 0.5) is 4.39 Å². The summed E-state index contributed by atoms with van der Waals surface area (Å²) < 4.78 is 18.1. The molecule has 0 radical (unpaired) electrons. The van der Waals surface area contributed by atoms with Gasteiger partial charge in [-0.15, -0.1) is 0 Å². The molecule has 6 heteroatoms. The van der Waals surface area contributed by atoms with E-state index in [0.29, 0.717) is 18.5 Å². The summed E-state index contributed by atoms with van der Waals surface area (Å²) in [5, 5.41) is 2.98. The molecule has 2 atom stereocenters. The molecule has 1 heterocycles. The molecule has 1 amide bonds. The van der Waals surface area contributed by atoms with Crippen LogP contribution in [0.2, 0.25) is 0 Å². The summed E-state index contributed by atoms with van der Waals surface area (Å²) in [6.07, 6.45) is 2.21. The largest absolute Gasteiger partial charge is 0.468 e. The first-order valence-corrected chi connectivity index (χ1v) is 7.91. The maximum absolute atomic E-state index is 13.1. The minimum Gasteiger partial charge on any atom is -0.468 e. The Labute approximate surface area is 135 Å². The monoisotopic (exact) mass is 322 g/mol. The summed E-state index contributed by atoms with van der Waals surface area (Å²) in [4.78, 5) is 25.8. The van der Waals surface area contributed by atoms with Gasteiger partial charge in [0.15, 0.2) is 0 Å². The van der Waals surface area contributed by atoms with Gasteiger partial charge in [0.2, 0.25) is 5.91 Å². The van der Waals surface area contributed by atoms with E-state index in [0.717, 1.165) is 19.4 Å². The molecular formula is C17H23FN2O3. The highest BCUT2D eigenvalue weighted by Gasteiger charge is 2.32. The molecule has 1 fully saturated rings. The second kappa shape index (κ2) is 8.06. The van der Waals surface area contributed by atoms with Gasteiger partial charge in [0.1, 0.15) is 11.9 Å². The Morgan fingerprint density at radius 1 is 1.39 bits per heavy atom. The molecule has 0 unspecified atom stereocenters. The Morgan fingerprint density at radius 2 is 2.09 bits per heavy atom. The Hall–Kier alpha value is -1.95. The summed E-state index contributed by atoms with van der Waals surface area (Å²) >= 11 is 0. The quantitative estimate of drug-likeness (QED) is 0.843. The Bertz CT molecular complexity index is 547. The van der Waals surface area contributed by atoms with Crippen molar-refractivity contribution in [3.63, 3.8) is 0 Å². The first kappa shape index (κ1) is 17.4. The number of ether oxygens (including phenoxy) is 1. The Morgan fingerprint density at radius 3 is 2.70 bits per heavy atom. The lowest BCUT2D eigenvalue weighted by Crippen LogP contribution is -2.50. The zero-order valence-electron chi connectivity index (χ0n) is 13.5. The lowest BCUT2D eigenvalue weighted by Gasteiger charge is -2.37. The minimum absolute atomic E-state index is 0.00764. The molecule has 1 aromatic rings. The van der Waals surface area contributed by atoms with Crippen molar-refractivity contribution in [2.45, 2.75) is 38.3 Å². The lowest BCUT2D eigenvalue weighted by atomic mass is 9.99. The number of benzene rings is 1. The van der Waals surface area contributed by atoms with E-state index in [1.54, 1.807) is 12.1 Å². The van der Waals surface area contributed by atoms with Crippen LogP contribution >= 0.6 is 0 Å². The first-order chi connectivity index (χ1) is 11.0. The summed E-state index contributed by atoms with van der Waals surface area (Å²) in [5.41, 5.74) is 0.695. The van der Waals surface area contributed by atoms with Crippen molar-refractivity contribution in [3.05, 3.63) is 35.6 Å². The lowest BCUT2D eigenvalue weighted by molar-refractivity contribution is -0.148. The average molecular weight is 322 g/mol. The molecule has 5 nitrogen and oxygen atoms in total. The van der Waals surface area contributed by atoms with Crippen LogP contribution in [0, 0.1) is 5.82 Å². The molecule has 1 N–H and O–H groups in total. The topological polar surface area (TPSA) is 58.6 Å². The van der Waals surface area contributed by atoms with Crippen molar-refractivity contribution >= 4 is 11.9 Å². The predicted octanol–water partition coefficient (Wildman–Crippen LogP) is 2.03. The Balaban J connectivity index is 2.16. The van der Waals surface area contributed by atoms with Crippen molar-refractivity contribution in [2.24, 2.45) is 0 Å². The fourth-order valence-electron chi connectivity index (χ4n) is 2.94. The maximum atomic E-state index is 13.1. The fourth-order valence-corrected chi connectivity index (χ4v) is 2.94. The SMILES string of the molecule is CCC(=O)N[C@H]1CCCN([C@@H](C(=O)OC)c2ccc(F)cc2)C1. The van der Waals surface area contributed by atoms with Gasteiger partial charge in [-0.2, -0.15) is 0 Å². The molecule has 1 saturated heterocycles. The van der Waals surface area contributed by atoms with Gasteiger partial charge < -0.3 is 10.1 Å². The van der Waals surface area contributed by atoms with Crippen LogP contribution in [0.25, 0.3) is 0 Å². The van der Waals surface area contributed by atoms with Crippen LogP contribution in [0.1, 0.15) is 37.8 Å². The second-order valence-electron chi connectivity index (χ2n) is 5.73. The van der Waals surface area contributed by atoms with Crippen LogP contribution in [0.5, 0.6) is 0 Å². The molecule has 1 aliphatic rings. The molecule has 0 aliphatic carbocycles. The van der Waals surface area contributed by atoms with Crippen LogP contribution in [0.3, 0.4) is 0 Å². The normalized spacial score (nSPS) is 19.9. The number of carbonyl (C=O) groups is 2. The molecule has 23 heavy (non-hydrogen) atoms. The highest BCUT2D eigenvalue weighted by atomic mass is 19.1. The molecule has 0 aromatic heterocycles. The number of amides is 1. The second-order valence-corrected chi connectivity index (χ2v) is 5.73. The molecular weight excluding hydrogens is 299 g/mol. The van der Waals surface area contributed by atoms with E-state index in [2.05, 4.69) is 5.32 Å². The zero-order chi connectivity index (χ0) is 16.8. The van der Waals surface area contributed by atoms with Crippen molar-refractivity contribution in [3.8, 4) is 0 Å². The van der Waals surface area contributed by atoms with E-state index in [-0.39, 0.29) is 23.7 Å². The third kappa shape index (κ3) is 4.51. The minimum atomic E-state index is -0.582. The highest BCUT2D eigenvalue weighted by molar-refractivity contribution is 5.78. The van der Waals surface area contributed by atoms with Gasteiger partial charge in [-0.25, -0.2) is 9.18 Å². The number of hydrogen-bond donors (Lipinski definition) is 1. The number of hydrogen-bond acceptors (Lipinski definition) is 4. The summed E-state index contributed by atoms with van der Waals surface area (Å²) in [5.74, 6) is -0.712. The number of rotatable bonds is 5. The summed E-state index contributed by atoms with van der Waals surface area (Å²) in [7, 11) is 1.35. The van der Waals surface area contributed by atoms with Gasteiger partial charge in [0.25, 0.3) is 0 Å². The number of methoxy groups -OCH3 is 1. The summed E-state index contributed by atoms with van der Waals surface area (Å²) in [6.45, 7) is 3.12. The smallest absolute Gasteiger partial charge is 0.327 e. The van der Waals surface area contributed by atoms with Gasteiger partial charge in [-0.3, -0.25) is 9.69 Å². The molecule has 1 aromatic carbocycles. The first-order valence-electron chi connectivity index (χ1n) is 7.91. The number of nitrogens with zero attached hydrogens (tertiary/aromatic N) is 1. The van der Waals surface area contributed by atoms with E-state index >= 15 is 0 Å². The van der Waals surface area contributed by atoms with E-state index < -0.39 is 6.04 Å². The van der Waals surface area contributed by atoms with Crippen molar-refractivity contribution < 1.29 is 18.7 Å². The molecule has 126 valence electrons. The van der Waals surface area contributed by atoms with Gasteiger partial charge in [-0.05, 0) is 37.1 Å². The van der Waals surface area contributed by atoms with Crippen molar-refractivity contribution in [1.29, 1.82) is 0 Å². The van der Waals surface area contributed by atoms with E-state index in [9.17, 15) is 14.0 Å². The standard InChI is InChI=1S/C17H23FN2O3/c1-3-15(21)19-14-5-4-10-20(11-14)16(17(22)23-2)12-6-8-13(18)9-7-12/h6-9,14,16H,3-5,10-11H2,1-2H3,(H,19,21)/t14-,16+/m0/s1. The molecule has 0 bridgehead atoms. The fraction of sp³-hybridized carbons (Fsp3) is 0.529. The van der Waals surface area contributed by atoms with Crippen LogP contribution in [0.15, 0.2) is 24.3 Å². The van der Waals surface area contributed by atoms with Gasteiger partial charge in [-0.1, -0.05) is 19.1 Å². The summed E-state index contributed by atoms with van der Waals surface area (Å²) in [6, 6.07) is 5.32. The van der Waals surface area contributed by atoms with Gasteiger partial charge in [0, 0.05) is 19.0 Å². The highest BCUT2D eigenvalue weighted by Crippen LogP contribution is 2.26. The third-order valence-electron chi connectivity index (χ3n) is 4.11. The number of carbonyl (C=O) groups excluding carboxylic acids is 2. The number of likely N-dealkylation sites (tertiary alicyclic amines) is 1. The zero-order valence-corrected chi connectivity index (χ0v) is 13.5. The molecule has 0 saturated carbocycles. The maximum Gasteiger partial charge on any atom is 0.327 e. The number of esters is 1. The van der Waals surface area contributed by atoms with Crippen molar-refractivity contribution in [2.75, 3.05) is 20.2 Å². The average Bonchev–Trinajstić information content (AvgIpc) is 2.57. The molecule has 1 aliphatic heterocycles. The molecule has 0 spiro atoms. The van der Waals surface area contributed by atoms with Gasteiger partial charge >= 0.3 is 5.97 Å². The predicted molar refractivity (Wildman–Crippen MR) is 84.2 cm³/mol. The van der Waals surface area contributed by atoms with Crippen LogP contribution in [-0.2, 0) is 14.3 Å². The van der Waals surface area contributed by atoms with E-state index in [1.807, 2.05) is 11.8 Å². The number of nitrogens with one attached hydrogen (secondary N) is 1. The van der Waals surface area contributed by atoms with E-state index in [4.69, 9.17) is 4.74 Å². The third-order valence-corrected chi connectivity index (χ3v) is 4.11. The Kier molecular flexibility index (Phi) is 6.10. The van der Waals surface area contributed by atoms with Crippen molar-refractivity contribution in [1.82, 2.24) is 10.2 Å². The number of piperidine rings is 1.